The van der Waals surface area contributed by atoms with E-state index in [0.29, 0.717) is 20.1 Å². The summed E-state index contributed by atoms with van der Waals surface area (Å²) in [5, 5.41) is 14.1. The SMILES string of the molecule is CC1(C)SC(=S)N(Cc2c(F)cccc2F)[C@@H]1N(O)C(=O)Nc1cccc(Cl)c1. The number of halogens is 3. The predicted molar refractivity (Wildman–Crippen MR) is 114 cm³/mol. The van der Waals surface area contributed by atoms with Gasteiger partial charge in [0.2, 0.25) is 0 Å². The third-order valence-corrected chi connectivity index (χ3v) is 6.27. The van der Waals surface area contributed by atoms with Crippen molar-refractivity contribution >= 4 is 51.6 Å². The minimum atomic E-state index is -0.960. The second-order valence-corrected chi connectivity index (χ2v) is 9.68. The van der Waals surface area contributed by atoms with E-state index in [1.54, 1.807) is 32.0 Å². The molecule has 1 saturated heterocycles. The van der Waals surface area contributed by atoms with Crippen molar-refractivity contribution in [3.05, 3.63) is 64.7 Å². The van der Waals surface area contributed by atoms with Crippen molar-refractivity contribution in [2.24, 2.45) is 0 Å². The normalized spacial score (nSPS) is 18.1. The van der Waals surface area contributed by atoms with E-state index in [1.807, 2.05) is 0 Å². The lowest BCUT2D eigenvalue weighted by atomic mass is 10.1. The van der Waals surface area contributed by atoms with Gasteiger partial charge in [-0.3, -0.25) is 5.21 Å². The van der Waals surface area contributed by atoms with Crippen molar-refractivity contribution in [1.29, 1.82) is 0 Å². The number of carbonyl (C=O) groups excluding carboxylic acids is 1. The molecule has 1 aliphatic rings. The van der Waals surface area contributed by atoms with Crippen LogP contribution in [0.5, 0.6) is 0 Å². The van der Waals surface area contributed by atoms with Crippen molar-refractivity contribution in [3.8, 4) is 0 Å². The molecule has 2 amide bonds. The lowest BCUT2D eigenvalue weighted by Gasteiger charge is -2.37. The van der Waals surface area contributed by atoms with E-state index in [2.05, 4.69) is 5.32 Å². The lowest BCUT2D eigenvalue weighted by Crippen LogP contribution is -2.55. The van der Waals surface area contributed by atoms with Crippen molar-refractivity contribution < 1.29 is 18.8 Å². The Labute approximate surface area is 181 Å². The molecule has 0 radical (unpaired) electrons. The number of hydroxylamine groups is 2. The molecule has 29 heavy (non-hydrogen) atoms. The number of thioether (sulfide) groups is 1. The number of carbonyl (C=O) groups is 1. The molecule has 0 unspecified atom stereocenters. The first-order chi connectivity index (χ1) is 13.6. The molecule has 1 aliphatic heterocycles. The van der Waals surface area contributed by atoms with Gasteiger partial charge in [-0.25, -0.2) is 13.6 Å². The molecule has 1 heterocycles. The third kappa shape index (κ3) is 4.63. The fourth-order valence-electron chi connectivity index (χ4n) is 3.10. The molecular weight excluding hydrogens is 440 g/mol. The van der Waals surface area contributed by atoms with Crippen molar-refractivity contribution in [3.63, 3.8) is 0 Å². The minimum Gasteiger partial charge on any atom is -0.329 e. The van der Waals surface area contributed by atoms with Gasteiger partial charge in [0.15, 0.2) is 0 Å². The number of anilines is 1. The van der Waals surface area contributed by atoms with E-state index in [4.69, 9.17) is 23.8 Å². The minimum absolute atomic E-state index is 0.193. The first-order valence-electron chi connectivity index (χ1n) is 8.57. The van der Waals surface area contributed by atoms with Crippen molar-refractivity contribution in [2.45, 2.75) is 31.3 Å². The molecule has 0 bridgehead atoms. The van der Waals surface area contributed by atoms with Gasteiger partial charge in [0.05, 0.1) is 11.3 Å². The number of urea groups is 1. The van der Waals surface area contributed by atoms with Gasteiger partial charge in [-0.15, -0.1) is 0 Å². The molecule has 1 atom stereocenters. The van der Waals surface area contributed by atoms with Gasteiger partial charge >= 0.3 is 6.03 Å². The highest BCUT2D eigenvalue weighted by molar-refractivity contribution is 8.24. The van der Waals surface area contributed by atoms with Crippen LogP contribution in [0.25, 0.3) is 0 Å². The Kier molecular flexibility index (Phi) is 6.33. The monoisotopic (exact) mass is 457 g/mol. The Balaban J connectivity index is 1.87. The molecule has 0 aromatic heterocycles. The maximum absolute atomic E-state index is 14.2. The molecular formula is C19H18ClF2N3O2S2. The summed E-state index contributed by atoms with van der Waals surface area (Å²) in [5.74, 6) is -1.46. The quantitative estimate of drug-likeness (QED) is 0.361. The van der Waals surface area contributed by atoms with Crippen LogP contribution >= 0.6 is 35.6 Å². The highest BCUT2D eigenvalue weighted by atomic mass is 35.5. The van der Waals surface area contributed by atoms with E-state index in [9.17, 15) is 18.8 Å². The molecule has 2 aromatic rings. The van der Waals surface area contributed by atoms with Crippen LogP contribution in [0.2, 0.25) is 5.02 Å². The van der Waals surface area contributed by atoms with Crippen molar-refractivity contribution in [1.82, 2.24) is 9.96 Å². The van der Waals surface area contributed by atoms with Crippen LogP contribution in [0.4, 0.5) is 19.3 Å². The van der Waals surface area contributed by atoms with Gasteiger partial charge in [0.1, 0.15) is 22.1 Å². The number of nitrogens with zero attached hydrogens (tertiary/aromatic N) is 2. The Morgan fingerprint density at radius 1 is 1.31 bits per heavy atom. The Hall–Kier alpha value is -1.94. The Morgan fingerprint density at radius 2 is 1.93 bits per heavy atom. The summed E-state index contributed by atoms with van der Waals surface area (Å²) in [6.07, 6.45) is -0.960. The maximum atomic E-state index is 14.2. The van der Waals surface area contributed by atoms with E-state index in [0.717, 1.165) is 12.1 Å². The zero-order valence-electron chi connectivity index (χ0n) is 15.5. The molecule has 1 fully saturated rings. The zero-order valence-corrected chi connectivity index (χ0v) is 17.9. The third-order valence-electron chi connectivity index (χ3n) is 4.41. The van der Waals surface area contributed by atoms with Crippen LogP contribution in [-0.4, -0.2) is 36.4 Å². The molecule has 0 spiro atoms. The van der Waals surface area contributed by atoms with Gasteiger partial charge in [0.25, 0.3) is 0 Å². The summed E-state index contributed by atoms with van der Waals surface area (Å²) in [5.41, 5.74) is 0.195. The number of thiocarbonyl (C=S) groups is 1. The first kappa shape index (κ1) is 21.8. The van der Waals surface area contributed by atoms with Crippen molar-refractivity contribution in [2.75, 3.05) is 5.32 Å². The summed E-state index contributed by atoms with van der Waals surface area (Å²) < 4.78 is 27.9. The van der Waals surface area contributed by atoms with Crippen LogP contribution in [0.1, 0.15) is 19.4 Å². The van der Waals surface area contributed by atoms with Gasteiger partial charge in [-0.1, -0.05) is 47.7 Å². The van der Waals surface area contributed by atoms with E-state index >= 15 is 0 Å². The molecule has 3 rings (SSSR count). The predicted octanol–water partition coefficient (Wildman–Crippen LogP) is 5.48. The average molecular weight is 458 g/mol. The number of nitrogens with one attached hydrogen (secondary N) is 1. The summed E-state index contributed by atoms with van der Waals surface area (Å²) in [6, 6.07) is 9.17. The molecule has 2 N–H and O–H groups in total. The number of benzene rings is 2. The number of hydrogen-bond acceptors (Lipinski definition) is 4. The maximum Gasteiger partial charge on any atom is 0.347 e. The van der Waals surface area contributed by atoms with Gasteiger partial charge in [-0.05, 0) is 44.2 Å². The van der Waals surface area contributed by atoms with Crippen LogP contribution in [0.3, 0.4) is 0 Å². The summed E-state index contributed by atoms with van der Waals surface area (Å²) in [6.45, 7) is 3.32. The van der Waals surface area contributed by atoms with E-state index < -0.39 is 28.6 Å². The fraction of sp³-hybridized carbons (Fsp3) is 0.263. The molecule has 10 heteroatoms. The zero-order chi connectivity index (χ0) is 21.3. The largest absolute Gasteiger partial charge is 0.347 e. The van der Waals surface area contributed by atoms with Gasteiger partial charge < -0.3 is 10.2 Å². The highest BCUT2D eigenvalue weighted by Gasteiger charge is 2.49. The highest BCUT2D eigenvalue weighted by Crippen LogP contribution is 2.43. The Bertz CT molecular complexity index is 941. The number of amides is 2. The van der Waals surface area contributed by atoms with Crippen LogP contribution in [0.15, 0.2) is 42.5 Å². The smallest absolute Gasteiger partial charge is 0.329 e. The topological polar surface area (TPSA) is 55.8 Å². The van der Waals surface area contributed by atoms with Gasteiger partial charge in [-0.2, -0.15) is 5.06 Å². The summed E-state index contributed by atoms with van der Waals surface area (Å²) in [4.78, 5) is 14.1. The summed E-state index contributed by atoms with van der Waals surface area (Å²) in [7, 11) is 0. The van der Waals surface area contributed by atoms with Crippen LogP contribution in [-0.2, 0) is 6.54 Å². The van der Waals surface area contributed by atoms with Gasteiger partial charge in [0, 0.05) is 16.3 Å². The molecule has 154 valence electrons. The standard InChI is InChI=1S/C19H18ClF2N3O2S2/c1-19(2)16(25(27)17(26)23-12-6-3-5-11(20)9-12)24(18(28)29-19)10-13-14(21)7-4-8-15(13)22/h3-9,16,27H,10H2,1-2H3,(H,23,26)/t16-/m1/s1. The Morgan fingerprint density at radius 3 is 2.55 bits per heavy atom. The number of hydrogen-bond donors (Lipinski definition) is 2. The first-order valence-corrected chi connectivity index (χ1v) is 10.2. The fourth-order valence-corrected chi connectivity index (χ4v) is 5.16. The molecule has 2 aromatic carbocycles. The molecule has 0 aliphatic carbocycles. The molecule has 5 nitrogen and oxygen atoms in total. The van der Waals surface area contributed by atoms with E-state index in [1.165, 1.54) is 28.8 Å². The molecule has 0 saturated carbocycles. The average Bonchev–Trinajstić information content (AvgIpc) is 2.85. The summed E-state index contributed by atoms with van der Waals surface area (Å²) >= 11 is 12.5. The van der Waals surface area contributed by atoms with E-state index in [-0.39, 0.29) is 12.1 Å². The number of rotatable bonds is 4. The van der Waals surface area contributed by atoms with Crippen LogP contribution in [0, 0.1) is 11.6 Å². The second kappa shape index (κ2) is 8.43. The second-order valence-electron chi connectivity index (χ2n) is 6.96. The lowest BCUT2D eigenvalue weighted by molar-refractivity contribution is -0.116. The van der Waals surface area contributed by atoms with Crippen LogP contribution < -0.4 is 5.32 Å².